The van der Waals surface area contributed by atoms with Gasteiger partial charge in [-0.1, -0.05) is 0 Å². The predicted octanol–water partition coefficient (Wildman–Crippen LogP) is 4.13. The number of benzene rings is 4. The van der Waals surface area contributed by atoms with Crippen molar-refractivity contribution in [3.8, 4) is 0 Å². The fourth-order valence-electron chi connectivity index (χ4n) is 4.79. The van der Waals surface area contributed by atoms with Gasteiger partial charge in [0.05, 0.1) is 0 Å². The standard InChI is InChI=1S/C32H31O9PS/c1-22-6-20-29(21-7-22)43(36,37)41-42(5,26-14-8-23(9-15-26)30(33)38-2,27-16-10-24(11-17-27)31(34)39-3)28-18-12-25(13-19-28)32(35)40-4/h6-21H,1-5H3. The average molecular weight is 623 g/mol. The molecule has 0 N–H and O–H groups in total. The van der Waals surface area contributed by atoms with E-state index in [-0.39, 0.29) is 21.6 Å². The Hall–Kier alpha value is -4.37. The van der Waals surface area contributed by atoms with E-state index in [4.69, 9.17) is 18.2 Å². The Morgan fingerprint density at radius 3 is 1.12 bits per heavy atom. The molecule has 0 saturated carbocycles. The Morgan fingerprint density at radius 1 is 0.535 bits per heavy atom. The molecule has 4 aromatic carbocycles. The van der Waals surface area contributed by atoms with Gasteiger partial charge >= 0.3 is 251 Å². The van der Waals surface area contributed by atoms with Gasteiger partial charge in [-0.2, -0.15) is 0 Å². The molecule has 0 atom stereocenters. The number of methoxy groups -OCH3 is 3. The number of rotatable bonds is 9. The van der Waals surface area contributed by atoms with Crippen molar-refractivity contribution in [1.29, 1.82) is 0 Å². The maximum absolute atomic E-state index is 14.1. The normalized spacial score (nSPS) is 12.4. The summed E-state index contributed by atoms with van der Waals surface area (Å²) in [6.07, 6.45) is 0. The zero-order chi connectivity index (χ0) is 31.4. The molecule has 0 aliphatic rings. The Bertz CT molecular complexity index is 1620. The molecule has 43 heavy (non-hydrogen) atoms. The summed E-state index contributed by atoms with van der Waals surface area (Å²) in [6, 6.07) is 25.2. The molecule has 0 fully saturated rings. The number of hydrogen-bond acceptors (Lipinski definition) is 9. The fraction of sp³-hybridized carbons (Fsp3) is 0.156. The van der Waals surface area contributed by atoms with Crippen molar-refractivity contribution in [3.05, 3.63) is 119 Å². The third-order valence-electron chi connectivity index (χ3n) is 7.32. The molecule has 11 heteroatoms. The third-order valence-corrected chi connectivity index (χ3v) is 15.1. The molecule has 0 amide bonds. The number of esters is 3. The van der Waals surface area contributed by atoms with Crippen LogP contribution < -0.4 is 15.9 Å². The van der Waals surface area contributed by atoms with Gasteiger partial charge < -0.3 is 0 Å². The zero-order valence-electron chi connectivity index (χ0n) is 24.3. The average Bonchev–Trinajstić information content (AvgIpc) is 3.03. The molecule has 0 bridgehead atoms. The second-order valence-corrected chi connectivity index (χ2v) is 16.4. The predicted molar refractivity (Wildman–Crippen MR) is 165 cm³/mol. The molecule has 0 unspecified atom stereocenters. The Labute approximate surface area is 250 Å². The van der Waals surface area contributed by atoms with Gasteiger partial charge in [-0.25, -0.2) is 0 Å². The summed E-state index contributed by atoms with van der Waals surface area (Å²) < 4.78 is 49.4. The van der Waals surface area contributed by atoms with Crippen molar-refractivity contribution in [3.63, 3.8) is 0 Å². The van der Waals surface area contributed by atoms with Gasteiger partial charge in [0, 0.05) is 0 Å². The third kappa shape index (κ3) is 5.82. The SMILES string of the molecule is COC(=O)c1ccc(P(C)(OS(=O)(=O)c2ccc(C)cc2)(c2ccc(C(=O)OC)cc2)c2ccc(C(=O)OC)cc2)cc1. The van der Waals surface area contributed by atoms with E-state index in [0.29, 0.717) is 15.9 Å². The Balaban J connectivity index is 2.10. The minimum absolute atomic E-state index is 0.0579. The van der Waals surface area contributed by atoms with Crippen LogP contribution in [0.5, 0.6) is 0 Å². The van der Waals surface area contributed by atoms with Crippen LogP contribution in [-0.4, -0.2) is 54.3 Å². The maximum atomic E-state index is 14.1. The van der Waals surface area contributed by atoms with Crippen molar-refractivity contribution in [2.45, 2.75) is 11.8 Å². The van der Waals surface area contributed by atoms with Gasteiger partial charge in [0.25, 0.3) is 0 Å². The molecule has 0 aromatic heterocycles. The van der Waals surface area contributed by atoms with E-state index in [1.54, 1.807) is 55.2 Å². The van der Waals surface area contributed by atoms with Gasteiger partial charge in [-0.3, -0.25) is 0 Å². The van der Waals surface area contributed by atoms with Crippen LogP contribution in [0.4, 0.5) is 0 Å². The number of carbonyl (C=O) groups is 3. The Morgan fingerprint density at radius 2 is 0.837 bits per heavy atom. The molecule has 0 radical (unpaired) electrons. The van der Waals surface area contributed by atoms with E-state index in [9.17, 15) is 22.8 Å². The molecular formula is C32H31O9PS. The van der Waals surface area contributed by atoms with Crippen molar-refractivity contribution in [2.24, 2.45) is 0 Å². The molecule has 4 aromatic rings. The summed E-state index contributed by atoms with van der Waals surface area (Å²) in [5.41, 5.74) is 1.61. The van der Waals surface area contributed by atoms with E-state index in [0.717, 1.165) is 5.56 Å². The molecule has 0 aliphatic heterocycles. The van der Waals surface area contributed by atoms with Crippen molar-refractivity contribution in [2.75, 3.05) is 28.0 Å². The van der Waals surface area contributed by atoms with Crippen LogP contribution in [-0.2, 0) is 28.3 Å². The van der Waals surface area contributed by atoms with Crippen LogP contribution in [0.1, 0.15) is 36.6 Å². The van der Waals surface area contributed by atoms with E-state index in [1.165, 1.54) is 69.9 Å². The fourth-order valence-corrected chi connectivity index (χ4v) is 12.1. The Kier molecular flexibility index (Phi) is 8.87. The van der Waals surface area contributed by atoms with E-state index >= 15 is 0 Å². The summed E-state index contributed by atoms with van der Waals surface area (Å²) in [5.74, 6) is -1.71. The van der Waals surface area contributed by atoms with Crippen LogP contribution in [0.2, 0.25) is 0 Å². The van der Waals surface area contributed by atoms with Crippen molar-refractivity contribution in [1.82, 2.24) is 0 Å². The summed E-state index contributed by atoms with van der Waals surface area (Å²) in [6.45, 7) is -0.985. The molecule has 0 heterocycles. The van der Waals surface area contributed by atoms with Crippen molar-refractivity contribution < 1.29 is 41.0 Å². The monoisotopic (exact) mass is 622 g/mol. The number of ether oxygens (including phenoxy) is 3. The summed E-state index contributed by atoms with van der Waals surface area (Å²) in [4.78, 5) is 36.7. The van der Waals surface area contributed by atoms with Gasteiger partial charge in [0.2, 0.25) is 0 Å². The van der Waals surface area contributed by atoms with E-state index in [2.05, 4.69) is 0 Å². The minimum atomic E-state index is -4.54. The van der Waals surface area contributed by atoms with Crippen LogP contribution in [0.3, 0.4) is 0 Å². The summed E-state index contributed by atoms with van der Waals surface area (Å²) >= 11 is 0. The van der Waals surface area contributed by atoms with Crippen LogP contribution in [0.25, 0.3) is 0 Å². The topological polar surface area (TPSA) is 122 Å². The first-order valence-corrected chi connectivity index (χ1v) is 17.0. The zero-order valence-corrected chi connectivity index (χ0v) is 26.0. The molecule has 4 rings (SSSR count). The van der Waals surface area contributed by atoms with E-state index in [1.807, 2.05) is 6.92 Å². The first-order chi connectivity index (χ1) is 20.4. The van der Waals surface area contributed by atoms with Gasteiger partial charge in [-0.05, 0) is 0 Å². The molecule has 0 spiro atoms. The quantitative estimate of drug-likeness (QED) is 0.154. The molecular weight excluding hydrogens is 591 g/mol. The molecule has 0 aliphatic carbocycles. The van der Waals surface area contributed by atoms with Gasteiger partial charge in [-0.15, -0.1) is 0 Å². The van der Waals surface area contributed by atoms with Crippen molar-refractivity contribution >= 4 is 50.8 Å². The second kappa shape index (κ2) is 12.1. The summed E-state index contributed by atoms with van der Waals surface area (Å²) in [5, 5.41) is 1.35. The number of carbonyl (C=O) groups excluding carboxylic acids is 3. The first kappa shape index (κ1) is 31.6. The van der Waals surface area contributed by atoms with Crippen LogP contribution >= 0.6 is 6.83 Å². The van der Waals surface area contributed by atoms with Gasteiger partial charge in [0.1, 0.15) is 0 Å². The first-order valence-electron chi connectivity index (χ1n) is 13.0. The van der Waals surface area contributed by atoms with Crippen LogP contribution in [0, 0.1) is 6.92 Å². The number of hydrogen-bond donors (Lipinski definition) is 0. The van der Waals surface area contributed by atoms with E-state index < -0.39 is 34.9 Å². The number of aryl methyl sites for hydroxylation is 1. The summed E-state index contributed by atoms with van der Waals surface area (Å²) in [7, 11) is -0.659. The second-order valence-electron chi connectivity index (χ2n) is 9.92. The van der Waals surface area contributed by atoms with Crippen LogP contribution in [0.15, 0.2) is 102 Å². The molecule has 0 saturated heterocycles. The molecule has 9 nitrogen and oxygen atoms in total. The van der Waals surface area contributed by atoms with Gasteiger partial charge in [0.15, 0.2) is 0 Å². The molecule has 224 valence electrons.